The Morgan fingerprint density at radius 3 is 2.88 bits per heavy atom. The summed E-state index contributed by atoms with van der Waals surface area (Å²) in [5.41, 5.74) is 2.74. The number of hydrogen-bond acceptors (Lipinski definition) is 3. The molecule has 0 saturated carbocycles. The van der Waals surface area contributed by atoms with Gasteiger partial charge >= 0.3 is 0 Å². The van der Waals surface area contributed by atoms with Gasteiger partial charge in [0.05, 0.1) is 35.0 Å². The minimum absolute atomic E-state index is 0.211. The topological polar surface area (TPSA) is 64.7 Å². The van der Waals surface area contributed by atoms with Crippen LogP contribution in [0.2, 0.25) is 5.02 Å². The maximum absolute atomic E-state index is 12.5. The number of aryl methyl sites for hydroxylation is 1. The van der Waals surface area contributed by atoms with Crippen molar-refractivity contribution in [2.75, 3.05) is 5.32 Å². The minimum atomic E-state index is -0.211. The van der Waals surface area contributed by atoms with Crippen LogP contribution in [-0.4, -0.2) is 25.5 Å². The fourth-order valence-corrected chi connectivity index (χ4v) is 2.66. The lowest BCUT2D eigenvalue weighted by molar-refractivity contribution is 0.102. The summed E-state index contributed by atoms with van der Waals surface area (Å²) in [6.07, 6.45) is 6.00. The Kier molecular flexibility index (Phi) is 4.66. The first-order chi connectivity index (χ1) is 11.6. The van der Waals surface area contributed by atoms with Crippen molar-refractivity contribution < 1.29 is 4.79 Å². The summed E-state index contributed by atoms with van der Waals surface area (Å²) in [5.74, 6) is -0.211. The van der Waals surface area contributed by atoms with Gasteiger partial charge in [0.2, 0.25) is 0 Å². The number of rotatable bonds is 5. The molecule has 1 aromatic carbocycles. The van der Waals surface area contributed by atoms with Gasteiger partial charge in [0.15, 0.2) is 0 Å². The Balaban J connectivity index is 1.80. The average molecular weight is 344 g/mol. The van der Waals surface area contributed by atoms with Crippen LogP contribution in [-0.2, 0) is 6.54 Å². The van der Waals surface area contributed by atoms with Crippen LogP contribution in [0.4, 0.5) is 5.69 Å². The highest BCUT2D eigenvalue weighted by molar-refractivity contribution is 6.30. The van der Waals surface area contributed by atoms with E-state index in [4.69, 9.17) is 11.6 Å². The molecular weight excluding hydrogens is 326 g/mol. The quantitative estimate of drug-likeness (QED) is 0.768. The Bertz CT molecular complexity index is 868. The normalized spacial score (nSPS) is 10.8. The lowest BCUT2D eigenvalue weighted by atomic mass is 10.2. The third kappa shape index (κ3) is 3.33. The highest BCUT2D eigenvalue weighted by Crippen LogP contribution is 2.19. The van der Waals surface area contributed by atoms with Crippen LogP contribution in [0, 0.1) is 6.92 Å². The molecule has 0 unspecified atom stereocenters. The maximum Gasteiger partial charge on any atom is 0.259 e. The number of nitrogens with one attached hydrogen (secondary N) is 1. The van der Waals surface area contributed by atoms with E-state index in [1.807, 2.05) is 25.3 Å². The Labute approximate surface area is 145 Å². The number of nitrogens with zero attached hydrogens (tertiary/aromatic N) is 4. The van der Waals surface area contributed by atoms with Crippen molar-refractivity contribution in [3.63, 3.8) is 0 Å². The van der Waals surface area contributed by atoms with E-state index >= 15 is 0 Å². The molecule has 1 N–H and O–H groups in total. The summed E-state index contributed by atoms with van der Waals surface area (Å²) in [6, 6.07) is 7.34. The summed E-state index contributed by atoms with van der Waals surface area (Å²) >= 11 is 6.02. The van der Waals surface area contributed by atoms with Crippen molar-refractivity contribution in [3.8, 4) is 5.69 Å². The van der Waals surface area contributed by atoms with E-state index < -0.39 is 0 Å². The molecule has 0 radical (unpaired) electrons. The molecular formula is C17H18ClN5O. The molecule has 3 aromatic rings. The van der Waals surface area contributed by atoms with Gasteiger partial charge in [0, 0.05) is 17.8 Å². The molecule has 7 heteroatoms. The summed E-state index contributed by atoms with van der Waals surface area (Å²) in [7, 11) is 0. The Hall–Kier alpha value is -2.60. The molecule has 0 atom stereocenters. The minimum Gasteiger partial charge on any atom is -0.319 e. The van der Waals surface area contributed by atoms with Crippen LogP contribution in [0.25, 0.3) is 5.69 Å². The summed E-state index contributed by atoms with van der Waals surface area (Å²) in [5, 5.41) is 12.0. The predicted octanol–water partition coefficient (Wildman–Crippen LogP) is 3.69. The van der Waals surface area contributed by atoms with E-state index in [1.54, 1.807) is 33.9 Å². The lowest BCUT2D eigenvalue weighted by Gasteiger charge is -2.06. The molecule has 0 bridgehead atoms. The fourth-order valence-electron chi connectivity index (χ4n) is 2.48. The molecule has 0 aliphatic carbocycles. The molecule has 0 spiro atoms. The van der Waals surface area contributed by atoms with Crippen LogP contribution in [0.1, 0.15) is 29.4 Å². The van der Waals surface area contributed by atoms with Gasteiger partial charge in [-0.15, -0.1) is 0 Å². The first-order valence-electron chi connectivity index (χ1n) is 7.73. The number of anilines is 1. The molecule has 1 amide bonds. The van der Waals surface area contributed by atoms with Crippen molar-refractivity contribution in [2.24, 2.45) is 0 Å². The zero-order valence-corrected chi connectivity index (χ0v) is 14.3. The number of carbonyl (C=O) groups is 1. The Morgan fingerprint density at radius 1 is 1.29 bits per heavy atom. The summed E-state index contributed by atoms with van der Waals surface area (Å²) in [4.78, 5) is 12.5. The number of hydrogen-bond donors (Lipinski definition) is 1. The molecule has 0 aliphatic rings. The number of aromatic nitrogens is 4. The predicted molar refractivity (Wildman–Crippen MR) is 93.8 cm³/mol. The van der Waals surface area contributed by atoms with Crippen molar-refractivity contribution >= 4 is 23.2 Å². The van der Waals surface area contributed by atoms with Crippen LogP contribution >= 0.6 is 11.6 Å². The zero-order valence-electron chi connectivity index (χ0n) is 13.5. The third-order valence-electron chi connectivity index (χ3n) is 3.65. The van der Waals surface area contributed by atoms with E-state index in [9.17, 15) is 4.79 Å². The number of halogens is 1. The van der Waals surface area contributed by atoms with Gasteiger partial charge in [-0.2, -0.15) is 10.2 Å². The molecule has 24 heavy (non-hydrogen) atoms. The summed E-state index contributed by atoms with van der Waals surface area (Å²) in [6.45, 7) is 4.75. The van der Waals surface area contributed by atoms with Gasteiger partial charge in [0.25, 0.3) is 5.91 Å². The molecule has 124 valence electrons. The molecule has 0 aliphatic heterocycles. The van der Waals surface area contributed by atoms with E-state index in [2.05, 4.69) is 22.4 Å². The molecule has 2 aromatic heterocycles. The van der Waals surface area contributed by atoms with Gasteiger partial charge in [-0.3, -0.25) is 9.48 Å². The highest BCUT2D eigenvalue weighted by Gasteiger charge is 2.16. The molecule has 6 nitrogen and oxygen atoms in total. The van der Waals surface area contributed by atoms with Crippen LogP contribution in [0.5, 0.6) is 0 Å². The van der Waals surface area contributed by atoms with E-state index in [-0.39, 0.29) is 5.91 Å². The monoisotopic (exact) mass is 343 g/mol. The molecule has 3 rings (SSSR count). The van der Waals surface area contributed by atoms with Crippen LogP contribution in [0.15, 0.2) is 42.9 Å². The van der Waals surface area contributed by atoms with Gasteiger partial charge in [-0.1, -0.05) is 24.6 Å². The van der Waals surface area contributed by atoms with E-state index in [0.717, 1.165) is 24.3 Å². The summed E-state index contributed by atoms with van der Waals surface area (Å²) < 4.78 is 3.50. The van der Waals surface area contributed by atoms with E-state index in [0.29, 0.717) is 16.3 Å². The van der Waals surface area contributed by atoms with Gasteiger partial charge in [0.1, 0.15) is 0 Å². The van der Waals surface area contributed by atoms with Crippen molar-refractivity contribution in [2.45, 2.75) is 26.8 Å². The molecule has 2 heterocycles. The average Bonchev–Trinajstić information content (AvgIpc) is 3.14. The largest absolute Gasteiger partial charge is 0.319 e. The van der Waals surface area contributed by atoms with Crippen LogP contribution in [0.3, 0.4) is 0 Å². The van der Waals surface area contributed by atoms with E-state index in [1.165, 1.54) is 0 Å². The second-order valence-electron chi connectivity index (χ2n) is 5.48. The van der Waals surface area contributed by atoms with Crippen molar-refractivity contribution in [1.82, 2.24) is 19.6 Å². The molecule has 0 fully saturated rings. The first kappa shape index (κ1) is 16.3. The standard InChI is InChI=1S/C17H18ClN5O/c1-3-7-22-11-14(9-19-22)21-17(24)16-10-20-23(12(16)2)15-6-4-5-13(18)8-15/h4-6,8-11H,3,7H2,1-2H3,(H,21,24). The number of amides is 1. The maximum atomic E-state index is 12.5. The second kappa shape index (κ2) is 6.88. The van der Waals surface area contributed by atoms with Gasteiger partial charge < -0.3 is 5.32 Å². The Morgan fingerprint density at radius 2 is 2.12 bits per heavy atom. The smallest absolute Gasteiger partial charge is 0.259 e. The lowest BCUT2D eigenvalue weighted by Crippen LogP contribution is -2.12. The highest BCUT2D eigenvalue weighted by atomic mass is 35.5. The first-order valence-corrected chi connectivity index (χ1v) is 8.10. The second-order valence-corrected chi connectivity index (χ2v) is 5.92. The van der Waals surface area contributed by atoms with Crippen molar-refractivity contribution in [1.29, 1.82) is 0 Å². The number of benzene rings is 1. The number of carbonyl (C=O) groups excluding carboxylic acids is 1. The van der Waals surface area contributed by atoms with Gasteiger partial charge in [-0.05, 0) is 31.5 Å². The van der Waals surface area contributed by atoms with Crippen molar-refractivity contribution in [3.05, 3.63) is 59.1 Å². The third-order valence-corrected chi connectivity index (χ3v) is 3.89. The zero-order chi connectivity index (χ0) is 17.1. The van der Waals surface area contributed by atoms with Gasteiger partial charge in [-0.25, -0.2) is 4.68 Å². The van der Waals surface area contributed by atoms with Crippen LogP contribution < -0.4 is 5.32 Å². The molecule has 0 saturated heterocycles. The SMILES string of the molecule is CCCn1cc(NC(=O)c2cnn(-c3cccc(Cl)c3)c2C)cn1. The fraction of sp³-hybridized carbons (Fsp3) is 0.235.